The highest BCUT2D eigenvalue weighted by molar-refractivity contribution is 6.30. The van der Waals surface area contributed by atoms with Crippen molar-refractivity contribution in [2.45, 2.75) is 50.4 Å². The Hall–Kier alpha value is -2.68. The average molecular weight is 528 g/mol. The second kappa shape index (κ2) is 9.89. The van der Waals surface area contributed by atoms with Crippen LogP contribution in [-0.4, -0.2) is 82.7 Å². The van der Waals surface area contributed by atoms with E-state index in [0.29, 0.717) is 49.7 Å². The number of hydrogen-bond acceptors (Lipinski definition) is 5. The predicted octanol–water partition coefficient (Wildman–Crippen LogP) is 2.79. The first-order valence-electron chi connectivity index (χ1n) is 13.1. The number of rotatable bonds is 7. The molecule has 5 rings (SSSR count). The quantitative estimate of drug-likeness (QED) is 0.435. The van der Waals surface area contributed by atoms with Gasteiger partial charge in [0.25, 0.3) is 5.91 Å². The van der Waals surface area contributed by atoms with Crippen LogP contribution in [0, 0.1) is 11.8 Å². The van der Waals surface area contributed by atoms with E-state index in [0.717, 1.165) is 6.42 Å². The van der Waals surface area contributed by atoms with E-state index in [-0.39, 0.29) is 24.3 Å². The number of carbonyl (C=O) groups is 3. The van der Waals surface area contributed by atoms with E-state index in [2.05, 4.69) is 0 Å². The standard InChI is InChI=1S/C28H34ClN3O5/c1-3-14-30-15-6-12-27(2)21(24(30)34)22-25(35)32(16-4-5-18-33)23-26(36)31(17-7-13-28(22,23)37-27)20-10-8-19(29)9-11-20/h6-13,21-23,33H,3-5,14-18H2,1-2H3/t21-,22-,23?,27+,28-/m0/s1. The molecule has 4 heterocycles. The lowest BCUT2D eigenvalue weighted by Crippen LogP contribution is -2.56. The van der Waals surface area contributed by atoms with Crippen LogP contribution in [0.5, 0.6) is 0 Å². The van der Waals surface area contributed by atoms with E-state index in [1.807, 2.05) is 38.2 Å². The van der Waals surface area contributed by atoms with Gasteiger partial charge in [-0.1, -0.05) is 42.8 Å². The molecule has 0 bridgehead atoms. The smallest absolute Gasteiger partial charge is 0.253 e. The summed E-state index contributed by atoms with van der Waals surface area (Å²) in [7, 11) is 0. The highest BCUT2D eigenvalue weighted by Crippen LogP contribution is 2.57. The number of hydrogen-bond donors (Lipinski definition) is 1. The summed E-state index contributed by atoms with van der Waals surface area (Å²) < 4.78 is 6.80. The Morgan fingerprint density at radius 3 is 2.41 bits per heavy atom. The molecule has 1 aromatic rings. The Bertz CT molecular complexity index is 1140. The highest BCUT2D eigenvalue weighted by Gasteiger charge is 2.74. The van der Waals surface area contributed by atoms with E-state index in [1.165, 1.54) is 0 Å². The Labute approximate surface area is 222 Å². The third-order valence-corrected chi connectivity index (χ3v) is 8.33. The number of anilines is 1. The Morgan fingerprint density at radius 1 is 0.973 bits per heavy atom. The average Bonchev–Trinajstić information content (AvgIpc) is 3.13. The lowest BCUT2D eigenvalue weighted by atomic mass is 9.74. The van der Waals surface area contributed by atoms with Crippen LogP contribution in [0.3, 0.4) is 0 Å². The molecule has 0 saturated carbocycles. The molecular weight excluding hydrogens is 494 g/mol. The minimum Gasteiger partial charge on any atom is -0.396 e. The second-order valence-electron chi connectivity index (χ2n) is 10.5. The molecule has 1 N–H and O–H groups in total. The monoisotopic (exact) mass is 527 g/mol. The number of fused-ring (bicyclic) bond motifs is 2. The minimum absolute atomic E-state index is 0.00152. The molecule has 2 fully saturated rings. The van der Waals surface area contributed by atoms with Crippen LogP contribution >= 0.6 is 11.6 Å². The van der Waals surface area contributed by atoms with Gasteiger partial charge in [0, 0.05) is 43.5 Å². The fourth-order valence-electron chi connectivity index (χ4n) is 6.53. The maximum Gasteiger partial charge on any atom is 0.253 e. The van der Waals surface area contributed by atoms with Crippen molar-refractivity contribution in [2.75, 3.05) is 37.7 Å². The van der Waals surface area contributed by atoms with Gasteiger partial charge in [0.2, 0.25) is 11.8 Å². The van der Waals surface area contributed by atoms with Crippen molar-refractivity contribution in [1.29, 1.82) is 0 Å². The van der Waals surface area contributed by atoms with Gasteiger partial charge in [-0.05, 0) is 50.5 Å². The number of benzene rings is 1. The number of aliphatic hydroxyl groups is 1. The van der Waals surface area contributed by atoms with Crippen LogP contribution in [0.2, 0.25) is 5.02 Å². The minimum atomic E-state index is -1.27. The van der Waals surface area contributed by atoms with Crippen molar-refractivity contribution < 1.29 is 24.2 Å². The zero-order valence-corrected chi connectivity index (χ0v) is 22.1. The molecule has 0 aliphatic carbocycles. The molecule has 3 amide bonds. The van der Waals surface area contributed by atoms with Gasteiger partial charge in [0.05, 0.1) is 17.4 Å². The van der Waals surface area contributed by atoms with E-state index in [9.17, 15) is 19.5 Å². The molecule has 1 aromatic carbocycles. The molecular formula is C28H34ClN3O5. The molecule has 4 aliphatic heterocycles. The fraction of sp³-hybridized carbons (Fsp3) is 0.536. The van der Waals surface area contributed by atoms with Crippen molar-refractivity contribution in [3.63, 3.8) is 0 Å². The molecule has 2 saturated heterocycles. The number of halogens is 1. The zero-order chi connectivity index (χ0) is 26.4. The number of ether oxygens (including phenoxy) is 1. The van der Waals surface area contributed by atoms with Gasteiger partial charge in [0.1, 0.15) is 11.6 Å². The molecule has 8 nitrogen and oxygen atoms in total. The molecule has 0 radical (unpaired) electrons. The van der Waals surface area contributed by atoms with Crippen molar-refractivity contribution in [3.05, 3.63) is 53.6 Å². The summed E-state index contributed by atoms with van der Waals surface area (Å²) in [6.45, 7) is 5.54. The Balaban J connectivity index is 1.61. The number of amides is 3. The Kier molecular flexibility index (Phi) is 6.94. The first-order chi connectivity index (χ1) is 17.8. The van der Waals surface area contributed by atoms with Crippen LogP contribution in [0.25, 0.3) is 0 Å². The van der Waals surface area contributed by atoms with Gasteiger partial charge < -0.3 is 24.5 Å². The Morgan fingerprint density at radius 2 is 1.70 bits per heavy atom. The highest BCUT2D eigenvalue weighted by atomic mass is 35.5. The second-order valence-corrected chi connectivity index (χ2v) is 10.9. The molecule has 1 spiro atoms. The van der Waals surface area contributed by atoms with Crippen LogP contribution in [0.15, 0.2) is 48.6 Å². The number of likely N-dealkylation sites (tertiary alicyclic amines) is 1. The van der Waals surface area contributed by atoms with E-state index < -0.39 is 29.1 Å². The first-order valence-corrected chi connectivity index (χ1v) is 13.5. The van der Waals surface area contributed by atoms with Gasteiger partial charge in [-0.3, -0.25) is 14.4 Å². The maximum absolute atomic E-state index is 14.3. The number of nitrogens with zero attached hydrogens (tertiary/aromatic N) is 3. The van der Waals surface area contributed by atoms with Crippen molar-refractivity contribution >= 4 is 35.0 Å². The van der Waals surface area contributed by atoms with Gasteiger partial charge in [0.15, 0.2) is 0 Å². The van der Waals surface area contributed by atoms with Crippen molar-refractivity contribution in [1.82, 2.24) is 9.80 Å². The summed E-state index contributed by atoms with van der Waals surface area (Å²) in [5.74, 6) is -2.17. The van der Waals surface area contributed by atoms with Crippen LogP contribution in [-0.2, 0) is 19.1 Å². The molecule has 37 heavy (non-hydrogen) atoms. The molecule has 5 atom stereocenters. The largest absolute Gasteiger partial charge is 0.396 e. The van der Waals surface area contributed by atoms with Gasteiger partial charge in [-0.2, -0.15) is 0 Å². The summed E-state index contributed by atoms with van der Waals surface area (Å²) in [5.41, 5.74) is -1.62. The summed E-state index contributed by atoms with van der Waals surface area (Å²) in [5, 5.41) is 9.92. The molecule has 1 unspecified atom stereocenters. The number of aliphatic hydroxyl groups excluding tert-OH is 1. The van der Waals surface area contributed by atoms with E-state index in [1.54, 1.807) is 39.0 Å². The summed E-state index contributed by atoms with van der Waals surface area (Å²) in [6, 6.07) is 6.10. The van der Waals surface area contributed by atoms with Crippen molar-refractivity contribution in [3.8, 4) is 0 Å². The van der Waals surface area contributed by atoms with E-state index in [4.69, 9.17) is 16.3 Å². The molecule has 4 aliphatic rings. The fourth-order valence-corrected chi connectivity index (χ4v) is 6.66. The van der Waals surface area contributed by atoms with Crippen LogP contribution in [0.1, 0.15) is 33.1 Å². The van der Waals surface area contributed by atoms with Crippen LogP contribution in [0.4, 0.5) is 5.69 Å². The molecule has 0 aromatic heterocycles. The van der Waals surface area contributed by atoms with Crippen LogP contribution < -0.4 is 4.90 Å². The van der Waals surface area contributed by atoms with E-state index >= 15 is 0 Å². The van der Waals surface area contributed by atoms with Crippen molar-refractivity contribution in [2.24, 2.45) is 11.8 Å². The first kappa shape index (κ1) is 25.9. The third kappa shape index (κ3) is 4.10. The lowest BCUT2D eigenvalue weighted by molar-refractivity contribution is -0.148. The summed E-state index contributed by atoms with van der Waals surface area (Å²) in [6.07, 6.45) is 9.41. The van der Waals surface area contributed by atoms with Gasteiger partial charge in [-0.15, -0.1) is 0 Å². The van der Waals surface area contributed by atoms with Gasteiger partial charge >= 0.3 is 0 Å². The normalized spacial score (nSPS) is 32.9. The topological polar surface area (TPSA) is 90.4 Å². The number of carbonyl (C=O) groups excluding carboxylic acids is 3. The lowest BCUT2D eigenvalue weighted by Gasteiger charge is -2.37. The third-order valence-electron chi connectivity index (χ3n) is 8.08. The maximum atomic E-state index is 14.3. The summed E-state index contributed by atoms with van der Waals surface area (Å²) >= 11 is 6.09. The zero-order valence-electron chi connectivity index (χ0n) is 21.3. The predicted molar refractivity (Wildman–Crippen MR) is 140 cm³/mol. The molecule has 9 heteroatoms. The summed E-state index contributed by atoms with van der Waals surface area (Å²) in [4.78, 5) is 47.4. The number of unbranched alkanes of at least 4 members (excludes halogenated alkanes) is 1. The molecule has 198 valence electrons. The van der Waals surface area contributed by atoms with Gasteiger partial charge in [-0.25, -0.2) is 0 Å². The SMILES string of the molecule is CCCN1CC=C[C@@]2(C)O[C@]34C=CCN(c5ccc(Cl)cc5)C(=O)C3N(CCCCO)C(=O)[C@@H]4[C@H]2C1=O.